The molecular formula is C17H15ClO2. The van der Waals surface area contributed by atoms with Crippen LogP contribution in [0.5, 0.6) is 0 Å². The average Bonchev–Trinajstić information content (AvgIpc) is 2.45. The molecule has 0 fully saturated rings. The average molecular weight is 287 g/mol. The van der Waals surface area contributed by atoms with Gasteiger partial charge in [0.15, 0.2) is 0 Å². The van der Waals surface area contributed by atoms with E-state index in [4.69, 9.17) is 16.7 Å². The highest BCUT2D eigenvalue weighted by Gasteiger charge is 2.08. The predicted molar refractivity (Wildman–Crippen MR) is 82.0 cm³/mol. The van der Waals surface area contributed by atoms with Crippen molar-refractivity contribution in [1.29, 1.82) is 0 Å². The molecule has 0 bridgehead atoms. The number of carboxylic acid groups (broad SMARTS) is 1. The first-order valence-corrected chi connectivity index (χ1v) is 6.78. The fraction of sp³-hybridized carbons (Fsp3) is 0.118. The molecule has 0 spiro atoms. The monoisotopic (exact) mass is 286 g/mol. The van der Waals surface area contributed by atoms with E-state index in [0.717, 1.165) is 17.5 Å². The van der Waals surface area contributed by atoms with E-state index in [1.807, 2.05) is 36.4 Å². The predicted octanol–water partition coefficient (Wildman–Crippen LogP) is 4.42. The van der Waals surface area contributed by atoms with Crippen molar-refractivity contribution in [2.24, 2.45) is 0 Å². The number of carbonyl (C=O) groups is 1. The Morgan fingerprint density at radius 2 is 1.85 bits per heavy atom. The summed E-state index contributed by atoms with van der Waals surface area (Å²) in [6.07, 6.45) is 2.17. The van der Waals surface area contributed by atoms with Crippen LogP contribution in [0.3, 0.4) is 0 Å². The second kappa shape index (κ2) is 6.40. The van der Waals surface area contributed by atoms with Crippen molar-refractivity contribution in [3.8, 4) is 0 Å². The second-order valence-corrected chi connectivity index (χ2v) is 4.89. The number of rotatable bonds is 4. The standard InChI is InChI=1S/C17H15ClO2/c1-2-12-6-8-13(9-7-12)16(11-17(19)20)14-4-3-5-15(18)10-14/h3-11H,2H2,1H3,(H,19,20). The van der Waals surface area contributed by atoms with Gasteiger partial charge in [-0.1, -0.05) is 54.9 Å². The van der Waals surface area contributed by atoms with Gasteiger partial charge in [0.1, 0.15) is 0 Å². The molecule has 0 radical (unpaired) electrons. The fourth-order valence-corrected chi connectivity index (χ4v) is 2.22. The maximum Gasteiger partial charge on any atom is 0.328 e. The number of hydrogen-bond acceptors (Lipinski definition) is 1. The van der Waals surface area contributed by atoms with Gasteiger partial charge in [-0.2, -0.15) is 0 Å². The molecule has 20 heavy (non-hydrogen) atoms. The summed E-state index contributed by atoms with van der Waals surface area (Å²) in [5.41, 5.74) is 3.54. The Kier molecular flexibility index (Phi) is 4.59. The minimum atomic E-state index is -0.973. The van der Waals surface area contributed by atoms with Crippen LogP contribution in [-0.2, 0) is 11.2 Å². The number of aryl methyl sites for hydroxylation is 1. The summed E-state index contributed by atoms with van der Waals surface area (Å²) in [5, 5.41) is 9.65. The smallest absolute Gasteiger partial charge is 0.328 e. The molecule has 0 aliphatic carbocycles. The third-order valence-corrected chi connectivity index (χ3v) is 3.31. The Hall–Kier alpha value is -2.06. The van der Waals surface area contributed by atoms with Crippen molar-refractivity contribution >= 4 is 23.1 Å². The first kappa shape index (κ1) is 14.4. The molecule has 2 aromatic rings. The van der Waals surface area contributed by atoms with E-state index in [2.05, 4.69) is 6.92 Å². The Bertz CT molecular complexity index is 642. The summed E-state index contributed by atoms with van der Waals surface area (Å²) in [6, 6.07) is 15.1. The molecule has 0 aliphatic heterocycles. The van der Waals surface area contributed by atoms with Crippen LogP contribution in [0.4, 0.5) is 0 Å². The number of halogens is 1. The van der Waals surface area contributed by atoms with Crippen LogP contribution in [0.15, 0.2) is 54.6 Å². The Balaban J connectivity index is 2.50. The molecule has 1 N–H and O–H groups in total. The summed E-state index contributed by atoms with van der Waals surface area (Å²) in [4.78, 5) is 11.1. The van der Waals surface area contributed by atoms with Crippen LogP contribution in [-0.4, -0.2) is 11.1 Å². The van der Waals surface area contributed by atoms with Crippen LogP contribution in [0.25, 0.3) is 5.57 Å². The number of aliphatic carboxylic acids is 1. The van der Waals surface area contributed by atoms with Gasteiger partial charge in [-0.25, -0.2) is 4.79 Å². The molecule has 0 aromatic heterocycles. The highest BCUT2D eigenvalue weighted by atomic mass is 35.5. The number of hydrogen-bond donors (Lipinski definition) is 1. The largest absolute Gasteiger partial charge is 0.478 e. The number of carboxylic acids is 1. The van der Waals surface area contributed by atoms with Crippen LogP contribution in [0.1, 0.15) is 23.6 Å². The zero-order chi connectivity index (χ0) is 14.5. The van der Waals surface area contributed by atoms with E-state index in [1.54, 1.807) is 12.1 Å². The molecule has 0 saturated carbocycles. The first-order valence-electron chi connectivity index (χ1n) is 6.40. The zero-order valence-corrected chi connectivity index (χ0v) is 11.9. The quantitative estimate of drug-likeness (QED) is 0.845. The summed E-state index contributed by atoms with van der Waals surface area (Å²) >= 11 is 5.99. The van der Waals surface area contributed by atoms with E-state index in [-0.39, 0.29) is 0 Å². The minimum absolute atomic E-state index is 0.587. The van der Waals surface area contributed by atoms with Crippen molar-refractivity contribution in [3.63, 3.8) is 0 Å². The van der Waals surface area contributed by atoms with Crippen molar-refractivity contribution in [3.05, 3.63) is 76.3 Å². The van der Waals surface area contributed by atoms with E-state index in [1.165, 1.54) is 11.6 Å². The summed E-state index contributed by atoms with van der Waals surface area (Å²) in [6.45, 7) is 2.08. The van der Waals surface area contributed by atoms with Gasteiger partial charge in [0.05, 0.1) is 0 Å². The SMILES string of the molecule is CCc1ccc(C(=CC(=O)O)c2cccc(Cl)c2)cc1. The van der Waals surface area contributed by atoms with Crippen LogP contribution >= 0.6 is 11.6 Å². The van der Waals surface area contributed by atoms with Gasteiger partial charge >= 0.3 is 5.97 Å². The van der Waals surface area contributed by atoms with Gasteiger partial charge in [0.25, 0.3) is 0 Å². The zero-order valence-electron chi connectivity index (χ0n) is 11.1. The van der Waals surface area contributed by atoms with Gasteiger partial charge in [-0.3, -0.25) is 0 Å². The van der Waals surface area contributed by atoms with E-state index in [0.29, 0.717) is 10.6 Å². The normalized spacial score (nSPS) is 11.4. The lowest BCUT2D eigenvalue weighted by Crippen LogP contribution is -1.95. The van der Waals surface area contributed by atoms with Crippen molar-refractivity contribution < 1.29 is 9.90 Å². The van der Waals surface area contributed by atoms with Gasteiger partial charge in [0.2, 0.25) is 0 Å². The molecule has 0 saturated heterocycles. The topological polar surface area (TPSA) is 37.3 Å². The number of benzene rings is 2. The lowest BCUT2D eigenvalue weighted by Gasteiger charge is -2.09. The summed E-state index contributed by atoms with van der Waals surface area (Å²) < 4.78 is 0. The third kappa shape index (κ3) is 3.49. The van der Waals surface area contributed by atoms with Gasteiger partial charge in [-0.15, -0.1) is 0 Å². The van der Waals surface area contributed by atoms with Crippen molar-refractivity contribution in [1.82, 2.24) is 0 Å². The molecule has 0 aliphatic rings. The van der Waals surface area contributed by atoms with Crippen LogP contribution < -0.4 is 0 Å². The highest BCUT2D eigenvalue weighted by molar-refractivity contribution is 6.30. The maximum absolute atomic E-state index is 11.1. The molecule has 0 amide bonds. The Morgan fingerprint density at radius 3 is 2.40 bits per heavy atom. The molecule has 0 heterocycles. The van der Waals surface area contributed by atoms with Gasteiger partial charge < -0.3 is 5.11 Å². The van der Waals surface area contributed by atoms with E-state index < -0.39 is 5.97 Å². The van der Waals surface area contributed by atoms with Crippen LogP contribution in [0.2, 0.25) is 5.02 Å². The molecular weight excluding hydrogens is 272 g/mol. The van der Waals surface area contributed by atoms with Crippen molar-refractivity contribution in [2.45, 2.75) is 13.3 Å². The molecule has 3 heteroatoms. The molecule has 0 unspecified atom stereocenters. The Labute approximate surface area is 123 Å². The molecule has 102 valence electrons. The Morgan fingerprint density at radius 1 is 1.15 bits per heavy atom. The lowest BCUT2D eigenvalue weighted by atomic mass is 9.96. The molecule has 2 nitrogen and oxygen atoms in total. The third-order valence-electron chi connectivity index (χ3n) is 3.08. The van der Waals surface area contributed by atoms with E-state index >= 15 is 0 Å². The minimum Gasteiger partial charge on any atom is -0.478 e. The van der Waals surface area contributed by atoms with Gasteiger partial charge in [0, 0.05) is 11.1 Å². The second-order valence-electron chi connectivity index (χ2n) is 4.46. The first-order chi connectivity index (χ1) is 9.60. The molecule has 0 atom stereocenters. The maximum atomic E-state index is 11.1. The molecule has 2 aromatic carbocycles. The van der Waals surface area contributed by atoms with Crippen LogP contribution in [0, 0.1) is 0 Å². The van der Waals surface area contributed by atoms with Crippen molar-refractivity contribution in [2.75, 3.05) is 0 Å². The van der Waals surface area contributed by atoms with Gasteiger partial charge in [-0.05, 0) is 40.8 Å². The fourth-order valence-electron chi connectivity index (χ4n) is 2.03. The lowest BCUT2D eigenvalue weighted by molar-refractivity contribution is -0.131. The summed E-state index contributed by atoms with van der Waals surface area (Å²) in [5.74, 6) is -0.973. The van der Waals surface area contributed by atoms with E-state index in [9.17, 15) is 4.79 Å². The molecule has 2 rings (SSSR count). The summed E-state index contributed by atoms with van der Waals surface area (Å²) in [7, 11) is 0. The highest BCUT2D eigenvalue weighted by Crippen LogP contribution is 2.26.